The second kappa shape index (κ2) is 7.88. The van der Waals surface area contributed by atoms with E-state index in [1.165, 1.54) is 0 Å². The third-order valence-electron chi connectivity index (χ3n) is 4.71. The summed E-state index contributed by atoms with van der Waals surface area (Å²) in [5.74, 6) is -2.26. The molecule has 152 valence electrons. The van der Waals surface area contributed by atoms with Gasteiger partial charge in [0.1, 0.15) is 22.9 Å². The van der Waals surface area contributed by atoms with Crippen molar-refractivity contribution in [2.45, 2.75) is 25.5 Å². The fraction of sp³-hybridized carbons (Fsp3) is 0.316. The van der Waals surface area contributed by atoms with E-state index in [1.54, 1.807) is 11.4 Å². The average Bonchev–Trinajstić information content (AvgIpc) is 3.34. The number of thiophene rings is 1. The third-order valence-corrected chi connectivity index (χ3v) is 5.60. The zero-order valence-corrected chi connectivity index (χ0v) is 16.0. The maximum absolute atomic E-state index is 13.7. The monoisotopic (exact) mass is 421 g/mol. The summed E-state index contributed by atoms with van der Waals surface area (Å²) in [7, 11) is 0. The Hall–Kier alpha value is -2.85. The highest BCUT2D eigenvalue weighted by molar-refractivity contribution is 7.17. The first-order chi connectivity index (χ1) is 13.9. The number of carbonyl (C=O) groups excluding carboxylic acids is 1. The number of halogens is 2. The number of aromatic nitrogens is 2. The smallest absolute Gasteiger partial charge is 0.336 e. The topological polar surface area (TPSA) is 82.3 Å². The maximum Gasteiger partial charge on any atom is 0.336 e. The Balaban J connectivity index is 1.74. The lowest BCUT2D eigenvalue weighted by Crippen LogP contribution is -2.42. The van der Waals surface area contributed by atoms with E-state index < -0.39 is 28.8 Å². The van der Waals surface area contributed by atoms with Crippen LogP contribution in [0.15, 0.2) is 39.2 Å². The number of hydrogen-bond acceptors (Lipinski definition) is 5. The first-order valence-corrected chi connectivity index (χ1v) is 9.90. The summed E-state index contributed by atoms with van der Waals surface area (Å²) in [6, 6.07) is 4.00. The number of rotatable bonds is 5. The van der Waals surface area contributed by atoms with E-state index in [9.17, 15) is 23.2 Å². The Kier molecular flexibility index (Phi) is 5.29. The van der Waals surface area contributed by atoms with Gasteiger partial charge in [-0.3, -0.25) is 14.2 Å². The van der Waals surface area contributed by atoms with E-state index in [1.807, 2.05) is 0 Å². The summed E-state index contributed by atoms with van der Waals surface area (Å²) in [6.07, 6.45) is 1.73. The summed E-state index contributed by atoms with van der Waals surface area (Å²) in [6.45, 7) is 0.649. The van der Waals surface area contributed by atoms with E-state index in [0.29, 0.717) is 29.3 Å². The highest BCUT2D eigenvalue weighted by Gasteiger charge is 2.20. The zero-order chi connectivity index (χ0) is 20.5. The summed E-state index contributed by atoms with van der Waals surface area (Å²) in [5.41, 5.74) is -1.48. The molecule has 1 atom stereocenters. The Labute approximate surface area is 167 Å². The van der Waals surface area contributed by atoms with Gasteiger partial charge in [-0.2, -0.15) is 0 Å². The number of ether oxygens (including phenoxy) is 1. The van der Waals surface area contributed by atoms with E-state index >= 15 is 0 Å². The molecule has 0 spiro atoms. The van der Waals surface area contributed by atoms with Crippen molar-refractivity contribution in [2.75, 3.05) is 13.2 Å². The number of nitrogens with one attached hydrogen (secondary N) is 1. The molecule has 0 aliphatic carbocycles. The number of hydrogen-bond donors (Lipinski definition) is 1. The van der Waals surface area contributed by atoms with Gasteiger partial charge in [-0.15, -0.1) is 11.3 Å². The van der Waals surface area contributed by atoms with Crippen LogP contribution in [0, 0.1) is 11.6 Å². The van der Waals surface area contributed by atoms with Crippen molar-refractivity contribution in [1.29, 1.82) is 0 Å². The van der Waals surface area contributed by atoms with Crippen LogP contribution in [0.4, 0.5) is 8.78 Å². The molecule has 1 N–H and O–H groups in total. The molecule has 1 saturated heterocycles. The standard InChI is InChI=1S/C19H17F2N3O4S/c20-11-6-12(21)8-13(7-11)24-18(26)17-15(3-5-29-17)23(19(24)27)10-16(25)22-9-14-2-1-4-28-14/h3,5-8,14H,1-2,4,9-10H2,(H,22,25)/t14-/m1/s1. The number of benzene rings is 1. The number of fused-ring (bicyclic) bond motifs is 1. The van der Waals surface area contributed by atoms with Crippen LogP contribution in [0.1, 0.15) is 12.8 Å². The van der Waals surface area contributed by atoms with E-state index in [4.69, 9.17) is 4.74 Å². The van der Waals surface area contributed by atoms with Gasteiger partial charge in [-0.25, -0.2) is 18.1 Å². The van der Waals surface area contributed by atoms with E-state index in [2.05, 4.69) is 5.32 Å². The van der Waals surface area contributed by atoms with Crippen molar-refractivity contribution in [2.24, 2.45) is 0 Å². The predicted molar refractivity (Wildman–Crippen MR) is 104 cm³/mol. The first-order valence-electron chi connectivity index (χ1n) is 9.02. The Bertz CT molecular complexity index is 1170. The van der Waals surface area contributed by atoms with Crippen LogP contribution in [0.2, 0.25) is 0 Å². The number of nitrogens with zero attached hydrogens (tertiary/aromatic N) is 2. The lowest BCUT2D eigenvalue weighted by Gasteiger charge is -2.14. The number of amides is 1. The fourth-order valence-corrected chi connectivity index (χ4v) is 4.19. The van der Waals surface area contributed by atoms with Crippen molar-refractivity contribution < 1.29 is 18.3 Å². The molecule has 2 aromatic heterocycles. The summed E-state index contributed by atoms with van der Waals surface area (Å²) >= 11 is 1.08. The minimum absolute atomic E-state index is 0.0546. The SMILES string of the molecule is O=C(Cn1c(=O)n(-c2cc(F)cc(F)c2)c(=O)c2sccc21)NC[C@H]1CCCO1. The molecule has 10 heteroatoms. The van der Waals surface area contributed by atoms with Crippen LogP contribution in [0.5, 0.6) is 0 Å². The molecule has 0 bridgehead atoms. The highest BCUT2D eigenvalue weighted by atomic mass is 32.1. The van der Waals surface area contributed by atoms with E-state index in [0.717, 1.165) is 40.9 Å². The maximum atomic E-state index is 13.7. The van der Waals surface area contributed by atoms with Gasteiger partial charge in [0, 0.05) is 19.2 Å². The second-order valence-corrected chi connectivity index (χ2v) is 7.63. The van der Waals surface area contributed by atoms with Crippen molar-refractivity contribution in [3.05, 3.63) is 62.1 Å². The van der Waals surface area contributed by atoms with Crippen LogP contribution in [0.25, 0.3) is 15.9 Å². The number of carbonyl (C=O) groups is 1. The Morgan fingerprint density at radius 2 is 2.00 bits per heavy atom. The van der Waals surface area contributed by atoms with Crippen LogP contribution >= 0.6 is 11.3 Å². The third kappa shape index (κ3) is 3.85. The van der Waals surface area contributed by atoms with Gasteiger partial charge >= 0.3 is 5.69 Å². The molecular formula is C19H17F2N3O4S. The van der Waals surface area contributed by atoms with Crippen molar-refractivity contribution in [3.63, 3.8) is 0 Å². The van der Waals surface area contributed by atoms with Gasteiger partial charge in [0.25, 0.3) is 5.56 Å². The molecule has 0 saturated carbocycles. The van der Waals surface area contributed by atoms with Gasteiger partial charge in [-0.1, -0.05) is 0 Å². The van der Waals surface area contributed by atoms with Gasteiger partial charge in [0.15, 0.2) is 0 Å². The normalized spacial score (nSPS) is 16.4. The van der Waals surface area contributed by atoms with Gasteiger partial charge in [0.05, 0.1) is 17.3 Å². The quantitative estimate of drug-likeness (QED) is 0.681. The molecule has 0 unspecified atom stereocenters. The predicted octanol–water partition coefficient (Wildman–Crippen LogP) is 1.79. The molecule has 4 rings (SSSR count). The summed E-state index contributed by atoms with van der Waals surface area (Å²) in [4.78, 5) is 38.2. The molecule has 1 amide bonds. The average molecular weight is 421 g/mol. The molecular weight excluding hydrogens is 404 g/mol. The molecule has 29 heavy (non-hydrogen) atoms. The largest absolute Gasteiger partial charge is 0.376 e. The van der Waals surface area contributed by atoms with Crippen LogP contribution < -0.4 is 16.6 Å². The van der Waals surface area contributed by atoms with Crippen LogP contribution in [0.3, 0.4) is 0 Å². The molecule has 1 aromatic carbocycles. The molecule has 7 nitrogen and oxygen atoms in total. The first kappa shape index (κ1) is 19.5. The van der Waals surface area contributed by atoms with Crippen molar-refractivity contribution >= 4 is 27.5 Å². The van der Waals surface area contributed by atoms with Crippen molar-refractivity contribution in [1.82, 2.24) is 14.5 Å². The highest BCUT2D eigenvalue weighted by Crippen LogP contribution is 2.17. The molecule has 1 aliphatic heterocycles. The minimum atomic E-state index is -0.918. The van der Waals surface area contributed by atoms with Gasteiger partial charge in [-0.05, 0) is 36.4 Å². The summed E-state index contributed by atoms with van der Waals surface area (Å²) in [5, 5.41) is 4.34. The Morgan fingerprint density at radius 1 is 1.24 bits per heavy atom. The van der Waals surface area contributed by atoms with Crippen molar-refractivity contribution in [3.8, 4) is 5.69 Å². The summed E-state index contributed by atoms with van der Waals surface area (Å²) < 4.78 is 34.8. The Morgan fingerprint density at radius 3 is 2.69 bits per heavy atom. The molecule has 3 aromatic rings. The molecule has 0 radical (unpaired) electrons. The minimum Gasteiger partial charge on any atom is -0.376 e. The van der Waals surface area contributed by atoms with Gasteiger partial charge < -0.3 is 10.1 Å². The van der Waals surface area contributed by atoms with E-state index in [-0.39, 0.29) is 23.0 Å². The second-order valence-electron chi connectivity index (χ2n) is 6.71. The lowest BCUT2D eigenvalue weighted by molar-refractivity contribution is -0.122. The van der Waals surface area contributed by atoms with Crippen LogP contribution in [-0.2, 0) is 16.1 Å². The molecule has 1 aliphatic rings. The van der Waals surface area contributed by atoms with Crippen LogP contribution in [-0.4, -0.2) is 34.3 Å². The molecule has 3 heterocycles. The molecule has 1 fully saturated rings. The fourth-order valence-electron chi connectivity index (χ4n) is 3.37. The lowest BCUT2D eigenvalue weighted by atomic mass is 10.2. The van der Waals surface area contributed by atoms with Gasteiger partial charge in [0.2, 0.25) is 5.91 Å². The zero-order valence-electron chi connectivity index (χ0n) is 15.2.